The van der Waals surface area contributed by atoms with E-state index in [-0.39, 0.29) is 5.78 Å². The number of rotatable bonds is 2. The van der Waals surface area contributed by atoms with Gasteiger partial charge in [0, 0.05) is 12.5 Å². The van der Waals surface area contributed by atoms with Gasteiger partial charge >= 0.3 is 0 Å². The van der Waals surface area contributed by atoms with E-state index in [1.165, 1.54) is 29.2 Å². The Bertz CT molecular complexity index is 597. The summed E-state index contributed by atoms with van der Waals surface area (Å²) in [6.07, 6.45) is 1.74. The number of aromatic amines is 1. The molecule has 3 heteroatoms. The molecular weight excluding hydrogens is 224 g/mol. The predicted molar refractivity (Wildman–Crippen MR) is 73.0 cm³/mol. The van der Waals surface area contributed by atoms with E-state index in [4.69, 9.17) is 0 Å². The molecule has 0 saturated heterocycles. The van der Waals surface area contributed by atoms with Crippen LogP contribution in [0.5, 0.6) is 0 Å². The number of ketones is 1. The summed E-state index contributed by atoms with van der Waals surface area (Å²) in [6.45, 7) is 9.93. The minimum Gasteiger partial charge on any atom is -0.335 e. The van der Waals surface area contributed by atoms with E-state index in [0.717, 1.165) is 11.3 Å². The fourth-order valence-electron chi connectivity index (χ4n) is 2.25. The Morgan fingerprint density at radius 3 is 2.11 bits per heavy atom. The van der Waals surface area contributed by atoms with Crippen LogP contribution in [-0.4, -0.2) is 15.8 Å². The number of nitrogens with zero attached hydrogens (tertiary/aromatic N) is 1. The van der Waals surface area contributed by atoms with Crippen LogP contribution in [0.2, 0.25) is 0 Å². The number of Topliss-reactive ketones (excluding diaryl/α,β-unsaturated/α-hetero) is 1. The zero-order valence-electron chi connectivity index (χ0n) is 11.5. The molecule has 0 bridgehead atoms. The molecule has 0 radical (unpaired) electrons. The third-order valence-electron chi connectivity index (χ3n) is 3.54. The molecule has 0 unspecified atom stereocenters. The van der Waals surface area contributed by atoms with Gasteiger partial charge in [0.15, 0.2) is 11.6 Å². The lowest BCUT2D eigenvalue weighted by Gasteiger charge is -2.13. The highest BCUT2D eigenvalue weighted by Gasteiger charge is 2.13. The molecule has 0 atom stereocenters. The van der Waals surface area contributed by atoms with Crippen molar-refractivity contribution in [1.82, 2.24) is 9.97 Å². The van der Waals surface area contributed by atoms with Crippen molar-refractivity contribution in [3.05, 3.63) is 40.3 Å². The summed E-state index contributed by atoms with van der Waals surface area (Å²) < 4.78 is 0. The lowest BCUT2D eigenvalue weighted by Crippen LogP contribution is -1.97. The fraction of sp³-hybridized carbons (Fsp3) is 0.333. The molecule has 2 aromatic rings. The third kappa shape index (κ3) is 1.96. The molecular formula is C15H18N2O. The van der Waals surface area contributed by atoms with Crippen LogP contribution in [0.15, 0.2) is 12.3 Å². The quantitative estimate of drug-likeness (QED) is 0.819. The highest BCUT2D eigenvalue weighted by atomic mass is 16.1. The Labute approximate surface area is 107 Å². The van der Waals surface area contributed by atoms with Gasteiger partial charge in [-0.05, 0) is 49.9 Å². The Hall–Kier alpha value is -1.90. The molecule has 0 fully saturated rings. The van der Waals surface area contributed by atoms with Gasteiger partial charge in [0.25, 0.3) is 0 Å². The predicted octanol–water partition coefficient (Wildman–Crippen LogP) is 3.51. The fourth-order valence-corrected chi connectivity index (χ4v) is 2.25. The van der Waals surface area contributed by atoms with Crippen molar-refractivity contribution in [3.8, 4) is 11.3 Å². The van der Waals surface area contributed by atoms with Crippen LogP contribution in [0.1, 0.15) is 39.8 Å². The zero-order valence-corrected chi connectivity index (χ0v) is 11.5. The van der Waals surface area contributed by atoms with Gasteiger partial charge in [-0.3, -0.25) is 4.79 Å². The van der Waals surface area contributed by atoms with Gasteiger partial charge < -0.3 is 4.98 Å². The second-order valence-corrected chi connectivity index (χ2v) is 4.84. The molecule has 94 valence electrons. The van der Waals surface area contributed by atoms with Gasteiger partial charge in [0.2, 0.25) is 0 Å². The van der Waals surface area contributed by atoms with E-state index in [2.05, 4.69) is 43.7 Å². The highest BCUT2D eigenvalue weighted by Crippen LogP contribution is 2.30. The normalized spacial score (nSPS) is 10.7. The molecule has 0 aliphatic carbocycles. The summed E-state index contributed by atoms with van der Waals surface area (Å²) >= 11 is 0. The number of H-pyrrole nitrogens is 1. The van der Waals surface area contributed by atoms with Gasteiger partial charge in [-0.1, -0.05) is 6.07 Å². The first-order chi connectivity index (χ1) is 8.41. The summed E-state index contributed by atoms with van der Waals surface area (Å²) in [7, 11) is 0. The molecule has 1 aromatic heterocycles. The molecule has 0 saturated carbocycles. The summed E-state index contributed by atoms with van der Waals surface area (Å²) in [5.41, 5.74) is 7.06. The first kappa shape index (κ1) is 12.6. The van der Waals surface area contributed by atoms with Gasteiger partial charge in [-0.25, -0.2) is 4.98 Å². The van der Waals surface area contributed by atoms with Crippen molar-refractivity contribution in [1.29, 1.82) is 0 Å². The summed E-state index contributed by atoms with van der Waals surface area (Å²) in [5, 5.41) is 0. The molecule has 1 N–H and O–H groups in total. The first-order valence-corrected chi connectivity index (χ1v) is 6.05. The van der Waals surface area contributed by atoms with Gasteiger partial charge in [-0.15, -0.1) is 0 Å². The van der Waals surface area contributed by atoms with Crippen molar-refractivity contribution >= 4 is 5.78 Å². The van der Waals surface area contributed by atoms with Crippen LogP contribution in [0, 0.1) is 27.7 Å². The molecule has 0 aliphatic heterocycles. The molecule has 1 heterocycles. The maximum Gasteiger partial charge on any atom is 0.194 e. The van der Waals surface area contributed by atoms with E-state index in [9.17, 15) is 4.79 Å². The van der Waals surface area contributed by atoms with E-state index in [0.29, 0.717) is 5.82 Å². The average molecular weight is 242 g/mol. The summed E-state index contributed by atoms with van der Waals surface area (Å²) in [5.74, 6) is 0.379. The number of carbonyl (C=O) groups excluding carboxylic acids is 1. The SMILES string of the molecule is CC(=O)c1ncc(-c2c(C)c(C)cc(C)c2C)[nH]1. The molecule has 1 aromatic carbocycles. The number of hydrogen-bond acceptors (Lipinski definition) is 2. The van der Waals surface area contributed by atoms with Crippen molar-refractivity contribution in [2.45, 2.75) is 34.6 Å². The maximum absolute atomic E-state index is 11.3. The molecule has 18 heavy (non-hydrogen) atoms. The number of aryl methyl sites for hydroxylation is 2. The maximum atomic E-state index is 11.3. The Balaban J connectivity index is 2.66. The number of imidazole rings is 1. The van der Waals surface area contributed by atoms with Crippen LogP contribution >= 0.6 is 0 Å². The Kier molecular flexibility index (Phi) is 3.07. The number of hydrogen-bond donors (Lipinski definition) is 1. The Morgan fingerprint density at radius 2 is 1.67 bits per heavy atom. The van der Waals surface area contributed by atoms with Crippen LogP contribution < -0.4 is 0 Å². The summed E-state index contributed by atoms with van der Waals surface area (Å²) in [6, 6.07) is 2.19. The van der Waals surface area contributed by atoms with E-state index < -0.39 is 0 Å². The van der Waals surface area contributed by atoms with Crippen molar-refractivity contribution < 1.29 is 4.79 Å². The van der Waals surface area contributed by atoms with Crippen molar-refractivity contribution in [3.63, 3.8) is 0 Å². The van der Waals surface area contributed by atoms with E-state index in [1.807, 2.05) is 0 Å². The van der Waals surface area contributed by atoms with Crippen LogP contribution in [0.3, 0.4) is 0 Å². The van der Waals surface area contributed by atoms with Crippen molar-refractivity contribution in [2.75, 3.05) is 0 Å². The monoisotopic (exact) mass is 242 g/mol. The number of nitrogens with one attached hydrogen (secondary N) is 1. The third-order valence-corrected chi connectivity index (χ3v) is 3.54. The first-order valence-electron chi connectivity index (χ1n) is 6.05. The van der Waals surface area contributed by atoms with Gasteiger partial charge in [0.05, 0.1) is 11.9 Å². The topological polar surface area (TPSA) is 45.8 Å². The second-order valence-electron chi connectivity index (χ2n) is 4.84. The lowest BCUT2D eigenvalue weighted by molar-refractivity contribution is 0.100. The average Bonchev–Trinajstić information content (AvgIpc) is 2.76. The number of benzene rings is 1. The zero-order chi connectivity index (χ0) is 13.4. The largest absolute Gasteiger partial charge is 0.335 e. The van der Waals surface area contributed by atoms with E-state index >= 15 is 0 Å². The standard InChI is InChI=1S/C15H18N2O/c1-8-6-9(2)11(4)14(10(8)3)13-7-16-15(17-13)12(5)18/h6-7H,1-5H3,(H,16,17). The number of aromatic nitrogens is 2. The highest BCUT2D eigenvalue weighted by molar-refractivity contribution is 5.91. The van der Waals surface area contributed by atoms with E-state index in [1.54, 1.807) is 6.20 Å². The molecule has 0 aliphatic rings. The minimum atomic E-state index is -0.0408. The molecule has 3 nitrogen and oxygen atoms in total. The van der Waals surface area contributed by atoms with Gasteiger partial charge in [0.1, 0.15) is 0 Å². The molecule has 2 rings (SSSR count). The van der Waals surface area contributed by atoms with Crippen LogP contribution in [0.4, 0.5) is 0 Å². The smallest absolute Gasteiger partial charge is 0.194 e. The van der Waals surface area contributed by atoms with Crippen molar-refractivity contribution in [2.24, 2.45) is 0 Å². The molecule has 0 amide bonds. The second kappa shape index (κ2) is 4.41. The Morgan fingerprint density at radius 1 is 1.11 bits per heavy atom. The van der Waals surface area contributed by atoms with Gasteiger partial charge in [-0.2, -0.15) is 0 Å². The minimum absolute atomic E-state index is 0.0408. The molecule has 0 spiro atoms. The van der Waals surface area contributed by atoms with Crippen LogP contribution in [0.25, 0.3) is 11.3 Å². The lowest BCUT2D eigenvalue weighted by atomic mass is 9.93. The van der Waals surface area contributed by atoms with Crippen LogP contribution in [-0.2, 0) is 0 Å². The summed E-state index contributed by atoms with van der Waals surface area (Å²) in [4.78, 5) is 18.5. The number of carbonyl (C=O) groups is 1.